The van der Waals surface area contributed by atoms with Crippen molar-refractivity contribution in [2.45, 2.75) is 6.92 Å². The maximum Gasteiger partial charge on any atom is 0.417 e. The minimum atomic E-state index is -0.442. The first-order valence-corrected chi connectivity index (χ1v) is 6.28. The molecule has 0 amide bonds. The number of aromatic nitrogens is 3. The van der Waals surface area contributed by atoms with Crippen molar-refractivity contribution in [1.82, 2.24) is 14.4 Å². The summed E-state index contributed by atoms with van der Waals surface area (Å²) in [6, 6.07) is 9.57. The minimum absolute atomic E-state index is 0.442. The Labute approximate surface area is 113 Å². The van der Waals surface area contributed by atoms with Gasteiger partial charge < -0.3 is 8.82 Å². The van der Waals surface area contributed by atoms with Gasteiger partial charge in [0.1, 0.15) is 5.65 Å². The fraction of sp³-hybridized carbons (Fsp3) is 0.0667. The lowest BCUT2D eigenvalue weighted by Gasteiger charge is -1.94. The summed E-state index contributed by atoms with van der Waals surface area (Å²) in [5, 5.41) is 0. The Morgan fingerprint density at radius 2 is 2.10 bits per heavy atom. The van der Waals surface area contributed by atoms with Crippen LogP contribution in [0, 0.1) is 6.92 Å². The molecule has 98 valence electrons. The average molecular weight is 265 g/mol. The van der Waals surface area contributed by atoms with E-state index in [0.29, 0.717) is 11.1 Å². The van der Waals surface area contributed by atoms with E-state index in [1.807, 2.05) is 54.0 Å². The SMILES string of the molecule is Cc1ccc2nc(-c3ccc4[nH]c(=O)oc4c3)cn2c1. The Bertz CT molecular complexity index is 991. The molecule has 4 aromatic rings. The van der Waals surface area contributed by atoms with Crippen LogP contribution in [0.2, 0.25) is 0 Å². The van der Waals surface area contributed by atoms with Crippen molar-refractivity contribution >= 4 is 16.7 Å². The summed E-state index contributed by atoms with van der Waals surface area (Å²) in [6.45, 7) is 2.04. The van der Waals surface area contributed by atoms with Gasteiger partial charge in [0.2, 0.25) is 0 Å². The van der Waals surface area contributed by atoms with E-state index in [9.17, 15) is 4.79 Å². The van der Waals surface area contributed by atoms with Gasteiger partial charge in [0.15, 0.2) is 5.58 Å². The molecule has 5 nitrogen and oxygen atoms in total. The number of H-pyrrole nitrogens is 1. The second-order valence-electron chi connectivity index (χ2n) is 4.82. The summed E-state index contributed by atoms with van der Waals surface area (Å²) in [5.74, 6) is -0.442. The fourth-order valence-electron chi connectivity index (χ4n) is 2.35. The molecule has 0 atom stereocenters. The molecule has 1 aromatic carbocycles. The molecule has 0 saturated carbocycles. The number of oxazole rings is 1. The van der Waals surface area contributed by atoms with E-state index in [1.165, 1.54) is 5.56 Å². The van der Waals surface area contributed by atoms with Gasteiger partial charge in [0.05, 0.1) is 11.2 Å². The molecule has 0 aliphatic rings. The smallest absolute Gasteiger partial charge is 0.408 e. The normalized spacial score (nSPS) is 11.4. The second-order valence-corrected chi connectivity index (χ2v) is 4.82. The third kappa shape index (κ3) is 1.64. The molecule has 0 aliphatic heterocycles. The zero-order chi connectivity index (χ0) is 13.7. The van der Waals surface area contributed by atoms with Crippen LogP contribution in [0.1, 0.15) is 5.56 Å². The van der Waals surface area contributed by atoms with Gasteiger partial charge in [-0.3, -0.25) is 4.98 Å². The summed E-state index contributed by atoms with van der Waals surface area (Å²) in [6.07, 6.45) is 4.00. The highest BCUT2D eigenvalue weighted by Gasteiger charge is 2.07. The Kier molecular flexibility index (Phi) is 2.12. The number of fused-ring (bicyclic) bond motifs is 2. The van der Waals surface area contributed by atoms with Gasteiger partial charge >= 0.3 is 5.76 Å². The molecule has 0 aliphatic carbocycles. The monoisotopic (exact) mass is 265 g/mol. The van der Waals surface area contributed by atoms with Gasteiger partial charge in [0, 0.05) is 18.0 Å². The lowest BCUT2D eigenvalue weighted by Crippen LogP contribution is -1.92. The first kappa shape index (κ1) is 11.0. The lowest BCUT2D eigenvalue weighted by molar-refractivity contribution is 0.555. The maximum absolute atomic E-state index is 11.2. The maximum atomic E-state index is 11.2. The van der Waals surface area contributed by atoms with E-state index < -0.39 is 5.76 Å². The summed E-state index contributed by atoms with van der Waals surface area (Å²) in [4.78, 5) is 18.4. The quantitative estimate of drug-likeness (QED) is 0.575. The predicted octanol–water partition coefficient (Wildman–Crippen LogP) is 2.74. The molecule has 5 heteroatoms. The highest BCUT2D eigenvalue weighted by Crippen LogP contribution is 2.23. The molecule has 0 unspecified atom stereocenters. The number of nitrogens with zero attached hydrogens (tertiary/aromatic N) is 2. The number of pyridine rings is 1. The third-order valence-corrected chi connectivity index (χ3v) is 3.32. The summed E-state index contributed by atoms with van der Waals surface area (Å²) >= 11 is 0. The van der Waals surface area contributed by atoms with Crippen LogP contribution in [0.5, 0.6) is 0 Å². The number of rotatable bonds is 1. The Morgan fingerprint density at radius 1 is 1.20 bits per heavy atom. The molecule has 0 bridgehead atoms. The summed E-state index contributed by atoms with van der Waals surface area (Å²) in [5.41, 5.74) is 5.07. The number of hydrogen-bond acceptors (Lipinski definition) is 3. The van der Waals surface area contributed by atoms with E-state index in [1.54, 1.807) is 0 Å². The molecule has 0 fully saturated rings. The van der Waals surface area contributed by atoms with Gasteiger partial charge in [-0.15, -0.1) is 0 Å². The van der Waals surface area contributed by atoms with Crippen molar-refractivity contribution < 1.29 is 4.42 Å². The molecule has 3 heterocycles. The van der Waals surface area contributed by atoms with Crippen LogP contribution in [0.25, 0.3) is 28.0 Å². The first-order chi connectivity index (χ1) is 9.69. The van der Waals surface area contributed by atoms with Crippen molar-refractivity contribution in [3.8, 4) is 11.3 Å². The van der Waals surface area contributed by atoms with Crippen molar-refractivity contribution in [3.63, 3.8) is 0 Å². The Morgan fingerprint density at radius 3 is 3.00 bits per heavy atom. The van der Waals surface area contributed by atoms with E-state index in [0.717, 1.165) is 16.9 Å². The highest BCUT2D eigenvalue weighted by molar-refractivity contribution is 5.79. The highest BCUT2D eigenvalue weighted by atomic mass is 16.4. The number of nitrogens with one attached hydrogen (secondary N) is 1. The van der Waals surface area contributed by atoms with Crippen LogP contribution >= 0.6 is 0 Å². The number of hydrogen-bond donors (Lipinski definition) is 1. The predicted molar refractivity (Wildman–Crippen MR) is 75.8 cm³/mol. The zero-order valence-electron chi connectivity index (χ0n) is 10.8. The number of aromatic amines is 1. The van der Waals surface area contributed by atoms with Crippen LogP contribution in [-0.4, -0.2) is 14.4 Å². The van der Waals surface area contributed by atoms with Crippen molar-refractivity contribution in [3.05, 3.63) is 58.8 Å². The zero-order valence-corrected chi connectivity index (χ0v) is 10.8. The van der Waals surface area contributed by atoms with Crippen LogP contribution in [-0.2, 0) is 0 Å². The number of aryl methyl sites for hydroxylation is 1. The molecule has 0 saturated heterocycles. The topological polar surface area (TPSA) is 63.3 Å². The van der Waals surface area contributed by atoms with E-state index in [-0.39, 0.29) is 0 Å². The van der Waals surface area contributed by atoms with Gasteiger partial charge in [-0.25, -0.2) is 9.78 Å². The first-order valence-electron chi connectivity index (χ1n) is 6.28. The molecule has 3 aromatic heterocycles. The number of imidazole rings is 1. The molecular weight excluding hydrogens is 254 g/mol. The lowest BCUT2D eigenvalue weighted by atomic mass is 10.1. The van der Waals surface area contributed by atoms with Gasteiger partial charge in [-0.1, -0.05) is 12.1 Å². The largest absolute Gasteiger partial charge is 0.417 e. The van der Waals surface area contributed by atoms with Crippen LogP contribution in [0.15, 0.2) is 51.9 Å². The van der Waals surface area contributed by atoms with Gasteiger partial charge in [-0.05, 0) is 30.7 Å². The van der Waals surface area contributed by atoms with Crippen molar-refractivity contribution in [2.24, 2.45) is 0 Å². The standard InChI is InChI=1S/C15H11N3O2/c1-9-2-5-14-16-12(8-18(14)7-9)10-3-4-11-13(6-10)20-15(19)17-11/h2-8H,1H3,(H,17,19). The Hall–Kier alpha value is -2.82. The van der Waals surface area contributed by atoms with E-state index in [2.05, 4.69) is 9.97 Å². The molecule has 4 rings (SSSR count). The Balaban J connectivity index is 1.92. The average Bonchev–Trinajstić information content (AvgIpc) is 2.99. The summed E-state index contributed by atoms with van der Waals surface area (Å²) < 4.78 is 7.07. The molecule has 0 spiro atoms. The van der Waals surface area contributed by atoms with Gasteiger partial charge in [-0.2, -0.15) is 0 Å². The minimum Gasteiger partial charge on any atom is -0.408 e. The van der Waals surface area contributed by atoms with Crippen molar-refractivity contribution in [1.29, 1.82) is 0 Å². The third-order valence-electron chi connectivity index (χ3n) is 3.32. The summed E-state index contributed by atoms with van der Waals surface area (Å²) in [7, 11) is 0. The molecular formula is C15H11N3O2. The fourth-order valence-corrected chi connectivity index (χ4v) is 2.35. The van der Waals surface area contributed by atoms with Gasteiger partial charge in [0.25, 0.3) is 0 Å². The number of benzene rings is 1. The van der Waals surface area contributed by atoms with Crippen LogP contribution in [0.3, 0.4) is 0 Å². The van der Waals surface area contributed by atoms with E-state index >= 15 is 0 Å². The molecule has 20 heavy (non-hydrogen) atoms. The van der Waals surface area contributed by atoms with E-state index in [4.69, 9.17) is 4.42 Å². The second kappa shape index (κ2) is 3.84. The van der Waals surface area contributed by atoms with Crippen LogP contribution < -0.4 is 5.76 Å². The molecule has 1 N–H and O–H groups in total. The van der Waals surface area contributed by atoms with Crippen LogP contribution in [0.4, 0.5) is 0 Å². The molecule has 0 radical (unpaired) electrons. The van der Waals surface area contributed by atoms with Crippen molar-refractivity contribution in [2.75, 3.05) is 0 Å².